The van der Waals surface area contributed by atoms with Gasteiger partial charge in [0.2, 0.25) is 5.91 Å². The molecule has 0 saturated carbocycles. The van der Waals surface area contributed by atoms with Gasteiger partial charge in [-0.3, -0.25) is 4.79 Å². The number of halogens is 1. The molecule has 3 aromatic rings. The number of likely N-dealkylation sites (tertiary alicyclic amines) is 1. The second kappa shape index (κ2) is 11.6. The van der Waals surface area contributed by atoms with Crippen LogP contribution < -0.4 is 10.6 Å². The van der Waals surface area contributed by atoms with E-state index < -0.39 is 0 Å². The van der Waals surface area contributed by atoms with Crippen molar-refractivity contribution in [2.45, 2.75) is 32.7 Å². The lowest BCUT2D eigenvalue weighted by molar-refractivity contribution is -0.121. The van der Waals surface area contributed by atoms with Crippen molar-refractivity contribution in [1.29, 1.82) is 0 Å². The summed E-state index contributed by atoms with van der Waals surface area (Å²) in [5.74, 6) is 3.07. The van der Waals surface area contributed by atoms with E-state index in [-0.39, 0.29) is 29.9 Å². The Kier molecular flexibility index (Phi) is 8.92. The smallest absolute Gasteiger partial charge is 0.220 e. The SMILES string of the molecule is CCNC(=NCc1ccc(-c2nc3ccccc3s2)o1)N1CCC(CC(=O)NC)CC1.I. The lowest BCUT2D eigenvalue weighted by Crippen LogP contribution is -2.46. The number of piperidine rings is 1. The van der Waals surface area contributed by atoms with Gasteiger partial charge in [0.15, 0.2) is 16.7 Å². The Balaban J connectivity index is 0.00000289. The molecule has 0 bridgehead atoms. The summed E-state index contributed by atoms with van der Waals surface area (Å²) in [6.45, 7) is 5.18. The normalized spacial score (nSPS) is 14.9. The molecule has 1 aromatic carbocycles. The average Bonchev–Trinajstić information content (AvgIpc) is 3.44. The second-order valence-electron chi connectivity index (χ2n) is 7.73. The molecule has 1 aliphatic heterocycles. The molecule has 1 fully saturated rings. The predicted molar refractivity (Wildman–Crippen MR) is 141 cm³/mol. The molecular formula is C23H30IN5O2S. The van der Waals surface area contributed by atoms with Crippen LogP contribution >= 0.6 is 35.3 Å². The molecule has 3 heterocycles. The highest BCUT2D eigenvalue weighted by molar-refractivity contribution is 14.0. The highest BCUT2D eigenvalue weighted by atomic mass is 127. The molecular weight excluding hydrogens is 537 g/mol. The van der Waals surface area contributed by atoms with Gasteiger partial charge in [-0.25, -0.2) is 9.98 Å². The van der Waals surface area contributed by atoms with Gasteiger partial charge in [-0.2, -0.15) is 0 Å². The molecule has 0 spiro atoms. The van der Waals surface area contributed by atoms with Crippen molar-refractivity contribution in [2.75, 3.05) is 26.7 Å². The van der Waals surface area contributed by atoms with Crippen LogP contribution in [0.4, 0.5) is 0 Å². The van der Waals surface area contributed by atoms with E-state index in [4.69, 9.17) is 9.41 Å². The summed E-state index contributed by atoms with van der Waals surface area (Å²) in [6.07, 6.45) is 2.61. The number of hydrogen-bond acceptors (Lipinski definition) is 5. The van der Waals surface area contributed by atoms with Gasteiger partial charge in [0, 0.05) is 33.1 Å². The Bertz CT molecular complexity index is 1020. The van der Waals surface area contributed by atoms with Crippen LogP contribution in [-0.4, -0.2) is 48.4 Å². The van der Waals surface area contributed by atoms with Gasteiger partial charge in [0.05, 0.1) is 10.2 Å². The first-order valence-electron chi connectivity index (χ1n) is 10.8. The van der Waals surface area contributed by atoms with Crippen molar-refractivity contribution >= 4 is 57.4 Å². The molecule has 0 atom stereocenters. The van der Waals surface area contributed by atoms with E-state index in [1.807, 2.05) is 30.3 Å². The minimum absolute atomic E-state index is 0. The largest absolute Gasteiger partial charge is 0.457 e. The summed E-state index contributed by atoms with van der Waals surface area (Å²) < 4.78 is 7.19. The highest BCUT2D eigenvalue weighted by Gasteiger charge is 2.23. The van der Waals surface area contributed by atoms with Gasteiger partial charge < -0.3 is 20.0 Å². The Labute approximate surface area is 209 Å². The van der Waals surface area contributed by atoms with Crippen molar-refractivity contribution in [3.63, 3.8) is 0 Å². The number of furan rings is 1. The summed E-state index contributed by atoms with van der Waals surface area (Å²) >= 11 is 1.64. The molecule has 0 aliphatic carbocycles. The number of rotatable bonds is 6. The Morgan fingerprint density at radius 2 is 2.03 bits per heavy atom. The van der Waals surface area contributed by atoms with Crippen LogP contribution in [0.5, 0.6) is 0 Å². The molecule has 32 heavy (non-hydrogen) atoms. The molecule has 172 valence electrons. The van der Waals surface area contributed by atoms with Crippen LogP contribution in [0.1, 0.15) is 31.9 Å². The average molecular weight is 567 g/mol. The van der Waals surface area contributed by atoms with Crippen LogP contribution in [0.15, 0.2) is 45.8 Å². The van der Waals surface area contributed by atoms with Crippen molar-refractivity contribution in [3.8, 4) is 10.8 Å². The van der Waals surface area contributed by atoms with Gasteiger partial charge in [0.25, 0.3) is 0 Å². The number of carbonyl (C=O) groups is 1. The third-order valence-electron chi connectivity index (χ3n) is 5.55. The van der Waals surface area contributed by atoms with Gasteiger partial charge in [-0.1, -0.05) is 12.1 Å². The molecule has 1 amide bonds. The van der Waals surface area contributed by atoms with E-state index >= 15 is 0 Å². The highest BCUT2D eigenvalue weighted by Crippen LogP contribution is 2.31. The molecule has 2 N–H and O–H groups in total. The first-order valence-corrected chi connectivity index (χ1v) is 11.7. The predicted octanol–water partition coefficient (Wildman–Crippen LogP) is 4.49. The number of nitrogens with zero attached hydrogens (tertiary/aromatic N) is 3. The number of thiazole rings is 1. The zero-order valence-electron chi connectivity index (χ0n) is 18.5. The standard InChI is InChI=1S/C23H29N5O2S.HI/c1-3-25-23(28-12-10-16(11-13-28)14-21(29)24-2)26-15-17-8-9-19(30-17)22-27-18-6-4-5-7-20(18)31-22;/h4-9,16H,3,10-15H2,1-2H3,(H,24,29)(H,25,26);1H. The molecule has 2 aromatic heterocycles. The quantitative estimate of drug-likeness (QED) is 0.261. The number of hydrogen-bond donors (Lipinski definition) is 2. The van der Waals surface area contributed by atoms with Gasteiger partial charge >= 0.3 is 0 Å². The lowest BCUT2D eigenvalue weighted by Gasteiger charge is -2.34. The zero-order valence-corrected chi connectivity index (χ0v) is 21.6. The van der Waals surface area contributed by atoms with Gasteiger partial charge in [-0.05, 0) is 49.9 Å². The number of aliphatic imine (C=N–C) groups is 1. The van der Waals surface area contributed by atoms with Crippen LogP contribution in [0.3, 0.4) is 0 Å². The van der Waals surface area contributed by atoms with Crippen LogP contribution in [0, 0.1) is 5.92 Å². The molecule has 0 unspecified atom stereocenters. The van der Waals surface area contributed by atoms with E-state index in [1.54, 1.807) is 18.4 Å². The minimum atomic E-state index is 0. The Morgan fingerprint density at radius 1 is 1.25 bits per heavy atom. The fraction of sp³-hybridized carbons (Fsp3) is 0.435. The number of guanidine groups is 1. The lowest BCUT2D eigenvalue weighted by atomic mass is 9.93. The second-order valence-corrected chi connectivity index (χ2v) is 8.76. The van der Waals surface area contributed by atoms with E-state index in [0.29, 0.717) is 18.9 Å². The molecule has 0 radical (unpaired) electrons. The van der Waals surface area contributed by atoms with E-state index in [2.05, 4.69) is 33.5 Å². The molecule has 1 saturated heterocycles. The van der Waals surface area contributed by atoms with Crippen molar-refractivity contribution in [1.82, 2.24) is 20.5 Å². The number of amides is 1. The monoisotopic (exact) mass is 567 g/mol. The molecule has 9 heteroatoms. The van der Waals surface area contributed by atoms with Crippen molar-refractivity contribution in [2.24, 2.45) is 10.9 Å². The number of aromatic nitrogens is 1. The van der Waals surface area contributed by atoms with E-state index in [9.17, 15) is 4.79 Å². The third kappa shape index (κ3) is 6.00. The maximum absolute atomic E-state index is 11.6. The fourth-order valence-electron chi connectivity index (χ4n) is 3.85. The summed E-state index contributed by atoms with van der Waals surface area (Å²) in [5, 5.41) is 7.00. The first kappa shape index (κ1) is 24.5. The number of benzene rings is 1. The van der Waals surface area contributed by atoms with Crippen LogP contribution in [-0.2, 0) is 11.3 Å². The molecule has 7 nitrogen and oxygen atoms in total. The molecule has 4 rings (SSSR count). The summed E-state index contributed by atoms with van der Waals surface area (Å²) in [6, 6.07) is 12.1. The van der Waals surface area contributed by atoms with Crippen LogP contribution in [0.2, 0.25) is 0 Å². The zero-order chi connectivity index (χ0) is 21.6. The topological polar surface area (TPSA) is 82.8 Å². The van der Waals surface area contributed by atoms with Crippen LogP contribution in [0.25, 0.3) is 21.0 Å². The number of carbonyl (C=O) groups excluding carboxylic acids is 1. The summed E-state index contributed by atoms with van der Waals surface area (Å²) in [4.78, 5) is 23.4. The Morgan fingerprint density at radius 3 is 2.75 bits per heavy atom. The third-order valence-corrected chi connectivity index (χ3v) is 6.60. The molecule has 1 aliphatic rings. The first-order chi connectivity index (χ1) is 15.2. The Hall–Kier alpha value is -2.14. The summed E-state index contributed by atoms with van der Waals surface area (Å²) in [5.41, 5.74) is 0.993. The number of para-hydroxylation sites is 1. The number of fused-ring (bicyclic) bond motifs is 1. The minimum Gasteiger partial charge on any atom is -0.457 e. The maximum atomic E-state index is 11.6. The summed E-state index contributed by atoms with van der Waals surface area (Å²) in [7, 11) is 1.70. The van der Waals surface area contributed by atoms with Gasteiger partial charge in [0.1, 0.15) is 12.3 Å². The maximum Gasteiger partial charge on any atom is 0.220 e. The van der Waals surface area contributed by atoms with E-state index in [1.165, 1.54) is 0 Å². The van der Waals surface area contributed by atoms with Gasteiger partial charge in [-0.15, -0.1) is 35.3 Å². The number of nitrogens with one attached hydrogen (secondary N) is 2. The fourth-order valence-corrected chi connectivity index (χ4v) is 4.77. The van der Waals surface area contributed by atoms with Crippen molar-refractivity contribution < 1.29 is 9.21 Å². The van der Waals surface area contributed by atoms with Crippen molar-refractivity contribution in [3.05, 3.63) is 42.2 Å². The van der Waals surface area contributed by atoms with E-state index in [0.717, 1.165) is 65.2 Å².